The molecule has 1 aromatic heterocycles. The van der Waals surface area contributed by atoms with Gasteiger partial charge in [0.2, 0.25) is 5.03 Å². The zero-order chi connectivity index (χ0) is 17.2. The maximum Gasteiger partial charge on any atom is 0.342 e. The Morgan fingerprint density at radius 3 is 2.70 bits per heavy atom. The second kappa shape index (κ2) is 6.59. The highest BCUT2D eigenvalue weighted by Gasteiger charge is 2.29. The topological polar surface area (TPSA) is 101 Å². The largest absolute Gasteiger partial charge is 0.465 e. The highest BCUT2D eigenvalue weighted by atomic mass is 35.5. The lowest BCUT2D eigenvalue weighted by Crippen LogP contribution is -2.18. The fraction of sp³-hybridized carbons (Fsp3) is 0.286. The molecule has 0 aliphatic carbocycles. The summed E-state index contributed by atoms with van der Waals surface area (Å²) in [6, 6.07) is 4.74. The van der Waals surface area contributed by atoms with Crippen LogP contribution < -0.4 is 4.72 Å². The van der Waals surface area contributed by atoms with E-state index in [2.05, 4.69) is 19.7 Å². The number of anilines is 1. The number of esters is 1. The average Bonchev–Trinajstić information content (AvgIpc) is 2.94. The fourth-order valence-corrected chi connectivity index (χ4v) is 3.34. The molecule has 23 heavy (non-hydrogen) atoms. The second-order valence-corrected chi connectivity index (χ2v) is 6.80. The van der Waals surface area contributed by atoms with Gasteiger partial charge < -0.3 is 4.74 Å². The summed E-state index contributed by atoms with van der Waals surface area (Å²) in [4.78, 5) is 11.9. The normalized spacial score (nSPS) is 11.3. The zero-order valence-corrected chi connectivity index (χ0v) is 14.4. The van der Waals surface area contributed by atoms with E-state index in [0.717, 1.165) is 5.56 Å². The van der Waals surface area contributed by atoms with E-state index >= 15 is 0 Å². The molecule has 9 heteroatoms. The Labute approximate surface area is 139 Å². The van der Waals surface area contributed by atoms with Crippen molar-refractivity contribution in [3.63, 3.8) is 0 Å². The maximum absolute atomic E-state index is 12.5. The summed E-state index contributed by atoms with van der Waals surface area (Å²) in [6.07, 6.45) is 0.406. The third-order valence-electron chi connectivity index (χ3n) is 3.23. The van der Waals surface area contributed by atoms with Gasteiger partial charge in [-0.15, -0.1) is 0 Å². The van der Waals surface area contributed by atoms with Crippen LogP contribution in [0, 0.1) is 6.92 Å². The van der Waals surface area contributed by atoms with Gasteiger partial charge in [-0.05, 0) is 31.0 Å². The Kier molecular flexibility index (Phi) is 4.96. The number of methoxy groups -OCH3 is 1. The van der Waals surface area contributed by atoms with Gasteiger partial charge >= 0.3 is 5.97 Å². The fourth-order valence-electron chi connectivity index (χ4n) is 1.98. The Hall–Kier alpha value is -2.06. The molecular weight excluding hydrogens is 342 g/mol. The van der Waals surface area contributed by atoms with Gasteiger partial charge in [0.1, 0.15) is 5.56 Å². The summed E-state index contributed by atoms with van der Waals surface area (Å²) in [5.41, 5.74) is 1.38. The number of halogens is 1. The third kappa shape index (κ3) is 3.48. The first-order valence-corrected chi connectivity index (χ1v) is 8.60. The molecule has 0 aliphatic heterocycles. The molecular formula is C14H16ClN3O4S. The van der Waals surface area contributed by atoms with Crippen molar-refractivity contribution in [1.82, 2.24) is 10.2 Å². The minimum atomic E-state index is -4.07. The van der Waals surface area contributed by atoms with E-state index in [1.807, 2.05) is 0 Å². The van der Waals surface area contributed by atoms with Crippen molar-refractivity contribution < 1.29 is 17.9 Å². The predicted molar refractivity (Wildman–Crippen MR) is 86.3 cm³/mol. The lowest BCUT2D eigenvalue weighted by Gasteiger charge is -2.09. The first kappa shape index (κ1) is 17.3. The Morgan fingerprint density at radius 2 is 2.13 bits per heavy atom. The zero-order valence-electron chi connectivity index (χ0n) is 12.8. The summed E-state index contributed by atoms with van der Waals surface area (Å²) >= 11 is 5.99. The van der Waals surface area contributed by atoms with Gasteiger partial charge in [-0.1, -0.05) is 24.6 Å². The van der Waals surface area contributed by atoms with E-state index < -0.39 is 21.0 Å². The van der Waals surface area contributed by atoms with Gasteiger partial charge in [0.25, 0.3) is 10.0 Å². The number of carbonyl (C=O) groups is 1. The number of ether oxygens (including phenoxy) is 1. The highest BCUT2D eigenvalue weighted by molar-refractivity contribution is 7.92. The van der Waals surface area contributed by atoms with Crippen molar-refractivity contribution in [2.45, 2.75) is 25.3 Å². The number of nitrogens with zero attached hydrogens (tertiary/aromatic N) is 1. The van der Waals surface area contributed by atoms with Crippen LogP contribution >= 0.6 is 11.6 Å². The van der Waals surface area contributed by atoms with Gasteiger partial charge in [-0.25, -0.2) is 4.79 Å². The summed E-state index contributed by atoms with van der Waals surface area (Å²) in [6.45, 7) is 3.57. The summed E-state index contributed by atoms with van der Waals surface area (Å²) < 4.78 is 32.1. The molecule has 0 aliphatic rings. The van der Waals surface area contributed by atoms with Crippen LogP contribution in [0.5, 0.6) is 0 Å². The maximum atomic E-state index is 12.5. The molecule has 0 amide bonds. The van der Waals surface area contributed by atoms with Crippen molar-refractivity contribution in [2.75, 3.05) is 11.8 Å². The molecule has 0 bridgehead atoms. The number of aryl methyl sites for hydroxylation is 2. The van der Waals surface area contributed by atoms with Gasteiger partial charge in [-0.3, -0.25) is 9.82 Å². The lowest BCUT2D eigenvalue weighted by atomic mass is 10.2. The van der Waals surface area contributed by atoms with Crippen LogP contribution in [0.2, 0.25) is 5.02 Å². The smallest absolute Gasteiger partial charge is 0.342 e. The number of rotatable bonds is 5. The van der Waals surface area contributed by atoms with Crippen molar-refractivity contribution in [1.29, 1.82) is 0 Å². The van der Waals surface area contributed by atoms with E-state index in [-0.39, 0.29) is 11.3 Å². The summed E-state index contributed by atoms with van der Waals surface area (Å²) in [7, 11) is -2.89. The number of hydrogen-bond acceptors (Lipinski definition) is 5. The molecule has 1 heterocycles. The van der Waals surface area contributed by atoms with E-state index in [1.54, 1.807) is 26.0 Å². The van der Waals surface area contributed by atoms with Crippen LogP contribution in [0.15, 0.2) is 23.2 Å². The first-order chi connectivity index (χ1) is 10.8. The van der Waals surface area contributed by atoms with Gasteiger partial charge in [0, 0.05) is 5.02 Å². The van der Waals surface area contributed by atoms with E-state index in [4.69, 9.17) is 11.6 Å². The summed E-state index contributed by atoms with van der Waals surface area (Å²) in [5, 5.41) is 6.33. The van der Waals surface area contributed by atoms with Crippen LogP contribution in [-0.4, -0.2) is 31.7 Å². The second-order valence-electron chi connectivity index (χ2n) is 4.80. The number of aromatic amines is 1. The van der Waals surface area contributed by atoms with Crippen LogP contribution in [0.25, 0.3) is 0 Å². The van der Waals surface area contributed by atoms with Crippen LogP contribution in [0.1, 0.15) is 28.5 Å². The summed E-state index contributed by atoms with van der Waals surface area (Å²) in [5.74, 6) is -0.766. The molecule has 2 rings (SSSR count). The molecule has 2 N–H and O–H groups in total. The molecule has 1 aromatic carbocycles. The number of H-pyrrole nitrogens is 1. The van der Waals surface area contributed by atoms with Crippen LogP contribution in [0.4, 0.5) is 5.69 Å². The van der Waals surface area contributed by atoms with E-state index in [1.165, 1.54) is 13.2 Å². The number of hydrogen-bond donors (Lipinski definition) is 2. The highest BCUT2D eigenvalue weighted by Crippen LogP contribution is 2.24. The number of carbonyl (C=O) groups excluding carboxylic acids is 1. The molecule has 124 valence electrons. The molecule has 0 atom stereocenters. The van der Waals surface area contributed by atoms with Gasteiger partial charge in [0.05, 0.1) is 18.5 Å². The predicted octanol–water partition coefficient (Wildman–Crippen LogP) is 2.52. The Morgan fingerprint density at radius 1 is 1.43 bits per heavy atom. The number of nitrogens with one attached hydrogen (secondary N) is 2. The van der Waals surface area contributed by atoms with Crippen molar-refractivity contribution >= 4 is 33.3 Å². The third-order valence-corrected chi connectivity index (χ3v) is 4.95. The number of aromatic nitrogens is 2. The van der Waals surface area contributed by atoms with Crippen molar-refractivity contribution in [3.8, 4) is 0 Å². The first-order valence-electron chi connectivity index (χ1n) is 6.74. The van der Waals surface area contributed by atoms with Gasteiger partial charge in [0.15, 0.2) is 0 Å². The molecule has 0 fully saturated rings. The monoisotopic (exact) mass is 357 g/mol. The van der Waals surface area contributed by atoms with Crippen molar-refractivity contribution in [3.05, 3.63) is 40.0 Å². The molecule has 0 unspecified atom stereocenters. The quantitative estimate of drug-likeness (QED) is 0.800. The lowest BCUT2D eigenvalue weighted by molar-refractivity contribution is 0.0595. The molecule has 0 radical (unpaired) electrons. The van der Waals surface area contributed by atoms with Gasteiger partial charge in [-0.2, -0.15) is 13.5 Å². The molecule has 7 nitrogen and oxygen atoms in total. The minimum Gasteiger partial charge on any atom is -0.465 e. The van der Waals surface area contributed by atoms with Crippen LogP contribution in [0.3, 0.4) is 0 Å². The standard InChI is InChI=1S/C14H16ClN3O4S/c1-4-11-12(14(19)22-3)13(17-16-11)23(20,21)18-9-6-5-8(2)10(15)7-9/h5-7,18H,4H2,1-3H3,(H,16,17). The Balaban J connectivity index is 2.45. The molecule has 0 spiro atoms. The average molecular weight is 358 g/mol. The van der Waals surface area contributed by atoms with Crippen LogP contribution in [-0.2, 0) is 21.2 Å². The minimum absolute atomic E-state index is 0.0966. The molecule has 0 saturated heterocycles. The Bertz CT molecular complexity index is 846. The van der Waals surface area contributed by atoms with E-state index in [0.29, 0.717) is 17.1 Å². The van der Waals surface area contributed by atoms with Crippen molar-refractivity contribution in [2.24, 2.45) is 0 Å². The molecule has 0 saturated carbocycles. The molecule has 2 aromatic rings. The number of sulfonamides is 1. The number of benzene rings is 1. The van der Waals surface area contributed by atoms with E-state index in [9.17, 15) is 13.2 Å². The SMILES string of the molecule is CCc1[nH]nc(S(=O)(=O)Nc2ccc(C)c(Cl)c2)c1C(=O)OC.